The van der Waals surface area contributed by atoms with Crippen LogP contribution < -0.4 is 0 Å². The predicted molar refractivity (Wildman–Crippen MR) is 97.9 cm³/mol. The number of carbonyl (C=O) groups excluding carboxylic acids is 1. The van der Waals surface area contributed by atoms with Gasteiger partial charge in [-0.15, -0.1) is 13.2 Å². The van der Waals surface area contributed by atoms with Crippen molar-refractivity contribution < 1.29 is 9.90 Å². The highest BCUT2D eigenvalue weighted by Crippen LogP contribution is 2.28. The van der Waals surface area contributed by atoms with Crippen LogP contribution in [0.2, 0.25) is 0 Å². The fourth-order valence-electron chi connectivity index (χ4n) is 2.53. The molecule has 0 amide bonds. The van der Waals surface area contributed by atoms with Gasteiger partial charge in [0, 0.05) is 13.0 Å². The summed E-state index contributed by atoms with van der Waals surface area (Å²) < 4.78 is 0. The zero-order chi connectivity index (χ0) is 17.8. The van der Waals surface area contributed by atoms with Crippen LogP contribution >= 0.6 is 0 Å². The SMILES string of the molecule is C=CC(C)(C)CC(C)CC=O.C=CC(C)(C)CC(C)CCO. The summed E-state index contributed by atoms with van der Waals surface area (Å²) in [5.74, 6) is 1.06. The van der Waals surface area contributed by atoms with Crippen LogP contribution in [0.25, 0.3) is 0 Å². The summed E-state index contributed by atoms with van der Waals surface area (Å²) in [6.07, 6.45) is 8.64. The van der Waals surface area contributed by atoms with Gasteiger partial charge < -0.3 is 9.90 Å². The van der Waals surface area contributed by atoms with Gasteiger partial charge >= 0.3 is 0 Å². The molecule has 0 aromatic heterocycles. The normalized spacial score (nSPS) is 14.3. The van der Waals surface area contributed by atoms with Gasteiger partial charge in [-0.1, -0.05) is 53.7 Å². The number of aldehydes is 1. The van der Waals surface area contributed by atoms with Crippen molar-refractivity contribution in [3.05, 3.63) is 25.3 Å². The number of hydrogen-bond donors (Lipinski definition) is 1. The highest BCUT2D eigenvalue weighted by molar-refractivity contribution is 5.49. The number of hydrogen-bond acceptors (Lipinski definition) is 2. The molecule has 0 fully saturated rings. The summed E-state index contributed by atoms with van der Waals surface area (Å²) in [6.45, 7) is 20.7. The summed E-state index contributed by atoms with van der Waals surface area (Å²) in [5, 5.41) is 8.68. The molecule has 0 bridgehead atoms. The second kappa shape index (κ2) is 11.6. The number of carbonyl (C=O) groups is 1. The highest BCUT2D eigenvalue weighted by Gasteiger charge is 2.17. The molecule has 22 heavy (non-hydrogen) atoms. The lowest BCUT2D eigenvalue weighted by molar-refractivity contribution is -0.108. The van der Waals surface area contributed by atoms with Crippen LogP contribution in [0.1, 0.15) is 67.2 Å². The van der Waals surface area contributed by atoms with Crippen LogP contribution in [-0.4, -0.2) is 18.0 Å². The van der Waals surface area contributed by atoms with Gasteiger partial charge in [-0.25, -0.2) is 0 Å². The van der Waals surface area contributed by atoms with Gasteiger partial charge in [-0.3, -0.25) is 0 Å². The molecule has 0 saturated heterocycles. The van der Waals surface area contributed by atoms with Gasteiger partial charge in [0.1, 0.15) is 6.29 Å². The first kappa shape index (κ1) is 23.4. The Labute approximate surface area is 138 Å². The summed E-state index contributed by atoms with van der Waals surface area (Å²) in [4.78, 5) is 10.2. The lowest BCUT2D eigenvalue weighted by Crippen LogP contribution is -2.13. The van der Waals surface area contributed by atoms with E-state index >= 15 is 0 Å². The van der Waals surface area contributed by atoms with E-state index < -0.39 is 0 Å². The molecule has 0 aliphatic rings. The Morgan fingerprint density at radius 1 is 0.955 bits per heavy atom. The quantitative estimate of drug-likeness (QED) is 0.432. The lowest BCUT2D eigenvalue weighted by Gasteiger charge is -2.23. The first-order valence-corrected chi connectivity index (χ1v) is 8.35. The Kier molecular flexibility index (Phi) is 12.4. The van der Waals surface area contributed by atoms with Crippen molar-refractivity contribution >= 4 is 6.29 Å². The molecule has 0 aromatic rings. The molecular weight excluding hydrogens is 272 g/mol. The van der Waals surface area contributed by atoms with Crippen LogP contribution in [-0.2, 0) is 4.79 Å². The molecule has 0 radical (unpaired) electrons. The molecule has 1 N–H and O–H groups in total. The lowest BCUT2D eigenvalue weighted by atomic mass is 9.82. The molecule has 0 aliphatic carbocycles. The highest BCUT2D eigenvalue weighted by atomic mass is 16.3. The Hall–Kier alpha value is -0.890. The Morgan fingerprint density at radius 2 is 1.36 bits per heavy atom. The van der Waals surface area contributed by atoms with E-state index in [2.05, 4.69) is 54.7 Å². The molecule has 130 valence electrons. The van der Waals surface area contributed by atoms with Crippen molar-refractivity contribution in [3.8, 4) is 0 Å². The predicted octanol–water partition coefficient (Wildman–Crippen LogP) is 5.42. The minimum atomic E-state index is 0.169. The summed E-state index contributed by atoms with van der Waals surface area (Å²) in [7, 11) is 0. The molecule has 0 saturated carbocycles. The maximum Gasteiger partial charge on any atom is 0.120 e. The molecule has 2 unspecified atom stereocenters. The van der Waals surface area contributed by atoms with E-state index in [1.165, 1.54) is 0 Å². The Balaban J connectivity index is 0. The Morgan fingerprint density at radius 3 is 1.68 bits per heavy atom. The largest absolute Gasteiger partial charge is 0.396 e. The minimum Gasteiger partial charge on any atom is -0.396 e. The van der Waals surface area contributed by atoms with Crippen LogP contribution in [0.4, 0.5) is 0 Å². The minimum absolute atomic E-state index is 0.169. The molecule has 0 heterocycles. The monoisotopic (exact) mass is 310 g/mol. The smallest absolute Gasteiger partial charge is 0.120 e. The van der Waals surface area contributed by atoms with Crippen molar-refractivity contribution in [1.82, 2.24) is 0 Å². The second-order valence-electron chi connectivity index (χ2n) is 7.92. The first-order chi connectivity index (χ1) is 10.0. The van der Waals surface area contributed by atoms with E-state index in [4.69, 9.17) is 5.11 Å². The van der Waals surface area contributed by atoms with E-state index in [9.17, 15) is 4.79 Å². The van der Waals surface area contributed by atoms with E-state index in [1.54, 1.807) is 0 Å². The van der Waals surface area contributed by atoms with Gasteiger partial charge in [-0.05, 0) is 41.9 Å². The van der Waals surface area contributed by atoms with Crippen molar-refractivity contribution in [2.24, 2.45) is 22.7 Å². The number of aliphatic hydroxyl groups is 1. The first-order valence-electron chi connectivity index (χ1n) is 8.35. The van der Waals surface area contributed by atoms with E-state index in [-0.39, 0.29) is 10.8 Å². The second-order valence-corrected chi connectivity index (χ2v) is 7.92. The average Bonchev–Trinajstić information content (AvgIpc) is 2.39. The topological polar surface area (TPSA) is 37.3 Å². The number of allylic oxidation sites excluding steroid dienone is 2. The van der Waals surface area contributed by atoms with Crippen molar-refractivity contribution in [1.29, 1.82) is 0 Å². The van der Waals surface area contributed by atoms with Gasteiger partial charge in [0.25, 0.3) is 0 Å². The molecule has 0 spiro atoms. The van der Waals surface area contributed by atoms with Crippen LogP contribution in [0.5, 0.6) is 0 Å². The summed E-state index contributed by atoms with van der Waals surface area (Å²) >= 11 is 0. The third-order valence-electron chi connectivity index (χ3n) is 3.97. The maximum absolute atomic E-state index is 10.2. The summed E-state index contributed by atoms with van der Waals surface area (Å²) in [6, 6.07) is 0. The number of rotatable bonds is 10. The van der Waals surface area contributed by atoms with Crippen LogP contribution in [0.15, 0.2) is 25.3 Å². The zero-order valence-electron chi connectivity index (χ0n) is 15.7. The molecule has 0 rings (SSSR count). The fourth-order valence-corrected chi connectivity index (χ4v) is 2.53. The maximum atomic E-state index is 10.2. The average molecular weight is 311 g/mol. The van der Waals surface area contributed by atoms with Crippen molar-refractivity contribution in [2.45, 2.75) is 67.2 Å². The van der Waals surface area contributed by atoms with Crippen LogP contribution in [0.3, 0.4) is 0 Å². The zero-order valence-corrected chi connectivity index (χ0v) is 15.7. The van der Waals surface area contributed by atoms with Gasteiger partial charge in [0.05, 0.1) is 0 Å². The third-order valence-corrected chi connectivity index (χ3v) is 3.97. The van der Waals surface area contributed by atoms with E-state index in [0.717, 1.165) is 25.5 Å². The Bertz CT molecular complexity index is 316. The van der Waals surface area contributed by atoms with Crippen LogP contribution in [0, 0.1) is 22.7 Å². The van der Waals surface area contributed by atoms with E-state index in [1.807, 2.05) is 12.2 Å². The molecule has 0 aliphatic heterocycles. The van der Waals surface area contributed by atoms with Gasteiger partial charge in [0.2, 0.25) is 0 Å². The summed E-state index contributed by atoms with van der Waals surface area (Å²) in [5.41, 5.74) is 0.386. The fraction of sp³-hybridized carbons (Fsp3) is 0.750. The molecular formula is C20H38O2. The van der Waals surface area contributed by atoms with Crippen molar-refractivity contribution in [3.63, 3.8) is 0 Å². The van der Waals surface area contributed by atoms with Gasteiger partial charge in [-0.2, -0.15) is 0 Å². The molecule has 2 atom stereocenters. The molecule has 2 heteroatoms. The molecule has 0 aromatic carbocycles. The van der Waals surface area contributed by atoms with Gasteiger partial charge in [0.15, 0.2) is 0 Å². The third kappa shape index (κ3) is 14.1. The standard InChI is InChI=1S/C10H20O.C10H18O/c2*1-5-10(3,4)8-9(2)6-7-11/h5,9,11H,1,6-8H2,2-4H3;5,7,9H,1,6,8H2,2-4H3. The van der Waals surface area contributed by atoms with E-state index in [0.29, 0.717) is 24.9 Å². The van der Waals surface area contributed by atoms with Crippen molar-refractivity contribution in [2.75, 3.05) is 6.61 Å². The number of aliphatic hydroxyl groups excluding tert-OH is 1. The molecule has 2 nitrogen and oxygen atoms in total.